The van der Waals surface area contributed by atoms with Gasteiger partial charge in [-0.1, -0.05) is 30.5 Å². The van der Waals surface area contributed by atoms with E-state index in [9.17, 15) is 15.6 Å². The van der Waals surface area contributed by atoms with Gasteiger partial charge in [0.2, 0.25) is 0 Å². The summed E-state index contributed by atoms with van der Waals surface area (Å²) >= 11 is 8.00. The van der Waals surface area contributed by atoms with Gasteiger partial charge in [-0.2, -0.15) is 20.5 Å². The zero-order valence-electron chi connectivity index (χ0n) is 28.2. The van der Waals surface area contributed by atoms with Crippen molar-refractivity contribution in [3.63, 3.8) is 0 Å². The molecule has 4 fully saturated rings. The summed E-state index contributed by atoms with van der Waals surface area (Å²) in [5, 5.41) is 31.6. The Bertz CT molecular complexity index is 2240. The minimum Gasteiger partial charge on any atom is -0.489 e. The lowest BCUT2D eigenvalue weighted by Gasteiger charge is -2.35. The zero-order chi connectivity index (χ0) is 36.1. The van der Waals surface area contributed by atoms with Crippen molar-refractivity contribution < 1.29 is 27.8 Å². The van der Waals surface area contributed by atoms with E-state index >= 15 is 13.2 Å². The molecule has 1 aliphatic heterocycles. The van der Waals surface area contributed by atoms with E-state index in [0.29, 0.717) is 44.6 Å². The number of rotatable bonds is 7. The van der Waals surface area contributed by atoms with Crippen molar-refractivity contribution in [1.82, 2.24) is 9.97 Å². The Hall–Kier alpha value is -4.04. The summed E-state index contributed by atoms with van der Waals surface area (Å²) in [6.45, 7) is 0.497. The molecule has 0 amide bonds. The van der Waals surface area contributed by atoms with Crippen molar-refractivity contribution in [2.45, 2.75) is 82.0 Å². The zero-order valence-corrected chi connectivity index (χ0v) is 29.8. The van der Waals surface area contributed by atoms with Gasteiger partial charge in [-0.25, -0.2) is 13.2 Å². The van der Waals surface area contributed by atoms with Crippen molar-refractivity contribution >= 4 is 54.7 Å². The number of nitrogen functional groups attached to an aromatic ring is 1. The monoisotopic (exact) mass is 748 g/mol. The molecule has 270 valence electrons. The van der Waals surface area contributed by atoms with Gasteiger partial charge in [0.1, 0.15) is 41.0 Å². The van der Waals surface area contributed by atoms with E-state index in [4.69, 9.17) is 31.8 Å². The van der Waals surface area contributed by atoms with E-state index in [1.54, 1.807) is 0 Å². The molecule has 0 radical (unpaired) electrons. The van der Waals surface area contributed by atoms with Crippen LogP contribution in [-0.4, -0.2) is 52.6 Å². The van der Waals surface area contributed by atoms with Crippen molar-refractivity contribution in [1.29, 1.82) is 10.5 Å². The number of aliphatic hydroxyl groups is 1. The first-order valence-corrected chi connectivity index (χ1v) is 19.2. The van der Waals surface area contributed by atoms with Gasteiger partial charge in [-0.15, -0.1) is 11.3 Å². The third kappa shape index (κ3) is 5.26. The SMILES string of the molecule is N#Cc1c(N)sc2c(F)ccc(-c3c(Cl)c4c5c(nc(OC[C@@]67CCCC6CCC[C@H](F)C7)nc5c3F)N(CC3CC3C#N)[C@@H](C3(O)CC3)CO4)c12. The highest BCUT2D eigenvalue weighted by molar-refractivity contribution is 7.23. The smallest absolute Gasteiger partial charge is 0.319 e. The van der Waals surface area contributed by atoms with Gasteiger partial charge in [-0.3, -0.25) is 0 Å². The average molecular weight is 749 g/mol. The Kier molecular flexibility index (Phi) is 7.96. The molecule has 0 saturated heterocycles. The molecule has 4 aliphatic carbocycles. The number of hydrogen-bond donors (Lipinski definition) is 2. The highest BCUT2D eigenvalue weighted by Gasteiger charge is 2.54. The van der Waals surface area contributed by atoms with Crippen LogP contribution in [0.25, 0.3) is 32.1 Å². The molecular formula is C38H36ClF3N6O3S. The minimum absolute atomic E-state index is 0.00265. The quantitative estimate of drug-likeness (QED) is 0.191. The number of fused-ring (bicyclic) bond motifs is 2. The predicted octanol–water partition coefficient (Wildman–Crippen LogP) is 8.23. The van der Waals surface area contributed by atoms with Crippen LogP contribution in [0, 0.1) is 57.5 Å². The van der Waals surface area contributed by atoms with E-state index in [-0.39, 0.29) is 90.3 Å². The molecule has 0 bridgehead atoms. The number of anilines is 2. The number of nitrogens with zero attached hydrogens (tertiary/aromatic N) is 5. The second-order valence-electron chi connectivity index (χ2n) is 15.4. The van der Waals surface area contributed by atoms with Crippen LogP contribution in [0.1, 0.15) is 69.8 Å². The van der Waals surface area contributed by atoms with E-state index in [1.165, 1.54) is 12.1 Å². The number of nitrogens with two attached hydrogens (primary N) is 1. The lowest BCUT2D eigenvalue weighted by Crippen LogP contribution is -2.50. The number of alkyl halides is 1. The molecule has 3 N–H and O–H groups in total. The van der Waals surface area contributed by atoms with Crippen LogP contribution in [0.15, 0.2) is 12.1 Å². The highest BCUT2D eigenvalue weighted by Crippen LogP contribution is 2.55. The van der Waals surface area contributed by atoms with Gasteiger partial charge in [0.25, 0.3) is 0 Å². The van der Waals surface area contributed by atoms with E-state index < -0.39 is 34.9 Å². The maximum absolute atomic E-state index is 17.4. The number of benzene rings is 2. The molecule has 3 unspecified atom stereocenters. The van der Waals surface area contributed by atoms with E-state index in [2.05, 4.69) is 11.1 Å². The third-order valence-electron chi connectivity index (χ3n) is 12.4. The van der Waals surface area contributed by atoms with Crippen LogP contribution in [0.2, 0.25) is 5.02 Å². The Balaban J connectivity index is 1.26. The Labute approximate surface area is 307 Å². The van der Waals surface area contributed by atoms with Crippen LogP contribution < -0.4 is 20.1 Å². The number of hydrogen-bond acceptors (Lipinski definition) is 10. The second kappa shape index (κ2) is 12.3. The summed E-state index contributed by atoms with van der Waals surface area (Å²) in [7, 11) is 0. The number of aromatic nitrogens is 2. The molecule has 9 rings (SSSR count). The lowest BCUT2D eigenvalue weighted by molar-refractivity contribution is 0.0647. The van der Waals surface area contributed by atoms with Gasteiger partial charge in [-0.05, 0) is 74.8 Å². The maximum atomic E-state index is 17.4. The van der Waals surface area contributed by atoms with Crippen molar-refractivity contribution in [3.8, 4) is 35.0 Å². The molecule has 2 aromatic heterocycles. The topological polar surface area (TPSA) is 141 Å². The molecule has 9 nitrogen and oxygen atoms in total. The summed E-state index contributed by atoms with van der Waals surface area (Å²) in [5.41, 5.74) is 4.44. The fourth-order valence-electron chi connectivity index (χ4n) is 9.28. The molecule has 6 atom stereocenters. The first-order chi connectivity index (χ1) is 25.1. The normalized spacial score (nSPS) is 28.8. The molecule has 0 spiro atoms. The second-order valence-corrected chi connectivity index (χ2v) is 16.9. The number of ether oxygens (including phenoxy) is 2. The van der Waals surface area contributed by atoms with Gasteiger partial charge in [0.05, 0.1) is 50.9 Å². The van der Waals surface area contributed by atoms with Crippen molar-refractivity contribution in [3.05, 3.63) is 34.4 Å². The van der Waals surface area contributed by atoms with Crippen LogP contribution in [0.3, 0.4) is 0 Å². The third-order valence-corrected chi connectivity index (χ3v) is 13.7. The largest absolute Gasteiger partial charge is 0.489 e. The van der Waals surface area contributed by atoms with Gasteiger partial charge in [0, 0.05) is 22.9 Å². The minimum atomic E-state index is -1.11. The van der Waals surface area contributed by atoms with E-state index in [0.717, 1.165) is 43.4 Å². The average Bonchev–Trinajstić information content (AvgIpc) is 4.02. The maximum Gasteiger partial charge on any atom is 0.319 e. The van der Waals surface area contributed by atoms with Crippen molar-refractivity contribution in [2.75, 3.05) is 30.4 Å². The molecule has 52 heavy (non-hydrogen) atoms. The molecule has 2 aromatic carbocycles. The standard InChI is InChI=1S/C38H36ClF3N6O3S/c39-29-27(22-6-7-24(41)33-26(22)23(14-44)34(45)52-33)30(42)31-28-32(29)50-16-25(38(49)9-10-38)48(15-19-11-18(19)13-43)35(28)47-36(46-31)51-17-37-8-2-4-20(37)3-1-5-21(40)12-37/h6-7,18-21,25,49H,1-5,8-12,15-17,45H2/t18?,19?,20?,21-,25+,37-/m0/s1. The van der Waals surface area contributed by atoms with Crippen LogP contribution in [0.5, 0.6) is 11.8 Å². The molecule has 14 heteroatoms. The number of thiophene rings is 1. The summed E-state index contributed by atoms with van der Waals surface area (Å²) in [6.07, 6.45) is 6.21. The summed E-state index contributed by atoms with van der Waals surface area (Å²) in [4.78, 5) is 11.5. The van der Waals surface area contributed by atoms with E-state index in [1.807, 2.05) is 11.0 Å². The Morgan fingerprint density at radius 3 is 2.69 bits per heavy atom. The number of nitriles is 2. The van der Waals surface area contributed by atoms with Gasteiger partial charge in [0.15, 0.2) is 11.6 Å². The Morgan fingerprint density at radius 2 is 1.94 bits per heavy atom. The summed E-state index contributed by atoms with van der Waals surface area (Å²) in [6, 6.07) is 6.18. The fourth-order valence-corrected chi connectivity index (χ4v) is 10.6. The van der Waals surface area contributed by atoms with Crippen LogP contribution >= 0.6 is 22.9 Å². The molecule has 3 heterocycles. The molecular weight excluding hydrogens is 713 g/mol. The van der Waals surface area contributed by atoms with Crippen LogP contribution in [-0.2, 0) is 0 Å². The first kappa shape index (κ1) is 33.8. The van der Waals surface area contributed by atoms with Crippen molar-refractivity contribution in [2.24, 2.45) is 23.2 Å². The summed E-state index contributed by atoms with van der Waals surface area (Å²) in [5.74, 6) is -0.997. The predicted molar refractivity (Wildman–Crippen MR) is 191 cm³/mol. The van der Waals surface area contributed by atoms with Gasteiger partial charge < -0.3 is 25.2 Å². The molecule has 4 saturated carbocycles. The van der Waals surface area contributed by atoms with Crippen LogP contribution in [0.4, 0.5) is 24.0 Å². The molecule has 4 aromatic rings. The number of halogens is 4. The Morgan fingerprint density at radius 1 is 1.13 bits per heavy atom. The fraction of sp³-hybridized carbons (Fsp3) is 0.526. The first-order valence-electron chi connectivity index (χ1n) is 18.0. The molecule has 5 aliphatic rings. The van der Waals surface area contributed by atoms with Gasteiger partial charge >= 0.3 is 6.01 Å². The highest BCUT2D eigenvalue weighted by atomic mass is 35.5. The summed E-state index contributed by atoms with van der Waals surface area (Å²) < 4.78 is 60.6. The lowest BCUT2D eigenvalue weighted by atomic mass is 9.74.